The minimum atomic E-state index is 1.00. The van der Waals surface area contributed by atoms with Gasteiger partial charge in [0.05, 0.1) is 0 Å². The van der Waals surface area contributed by atoms with Gasteiger partial charge < -0.3 is 4.42 Å². The van der Waals surface area contributed by atoms with Crippen molar-refractivity contribution in [2.24, 2.45) is 0 Å². The average molecular weight is 174 g/mol. The van der Waals surface area contributed by atoms with Crippen molar-refractivity contribution in [3.63, 3.8) is 0 Å². The molecule has 0 N–H and O–H groups in total. The molecule has 0 unspecified atom stereocenters. The van der Waals surface area contributed by atoms with Crippen LogP contribution in [0.2, 0.25) is 0 Å². The maximum absolute atomic E-state index is 5.40. The highest BCUT2D eigenvalue weighted by atomic mass is 33.1. The lowest BCUT2D eigenvalue weighted by Crippen LogP contribution is -1.63. The molecule has 1 rings (SSSR count). The Hall–Kier alpha value is -0.0200. The fraction of sp³-hybridized carbons (Fsp3) is 0.429. The van der Waals surface area contributed by atoms with Crippen LogP contribution in [0.1, 0.15) is 11.3 Å². The highest BCUT2D eigenvalue weighted by molar-refractivity contribution is 8.76. The third-order valence-electron chi connectivity index (χ3n) is 1.31. The van der Waals surface area contributed by atoms with Crippen molar-refractivity contribution in [3.8, 4) is 0 Å². The first kappa shape index (κ1) is 8.08. The second kappa shape index (κ2) is 3.39. The van der Waals surface area contributed by atoms with Crippen molar-refractivity contribution in [1.82, 2.24) is 0 Å². The van der Waals surface area contributed by atoms with Crippen LogP contribution in [0, 0.1) is 13.8 Å². The number of rotatable bonds is 2. The van der Waals surface area contributed by atoms with Crippen LogP contribution in [0.4, 0.5) is 0 Å². The minimum absolute atomic E-state index is 1.00. The van der Waals surface area contributed by atoms with Gasteiger partial charge in [0.15, 0.2) is 5.09 Å². The van der Waals surface area contributed by atoms with E-state index in [2.05, 4.69) is 13.0 Å². The quantitative estimate of drug-likeness (QED) is 0.639. The standard InChI is InChI=1S/C7H10OS2/c1-5-4-7(10-9-3)8-6(5)2/h4H,1-3H3. The van der Waals surface area contributed by atoms with E-state index in [9.17, 15) is 0 Å². The second-order valence-corrected chi connectivity index (χ2v) is 4.46. The van der Waals surface area contributed by atoms with E-state index < -0.39 is 0 Å². The largest absolute Gasteiger partial charge is 0.454 e. The lowest BCUT2D eigenvalue weighted by Gasteiger charge is -1.86. The van der Waals surface area contributed by atoms with E-state index in [0.717, 1.165) is 10.9 Å². The zero-order valence-corrected chi connectivity index (χ0v) is 7.94. The van der Waals surface area contributed by atoms with Crippen LogP contribution in [0.15, 0.2) is 15.6 Å². The Labute approximate surface area is 69.0 Å². The van der Waals surface area contributed by atoms with E-state index in [-0.39, 0.29) is 0 Å². The molecule has 0 radical (unpaired) electrons. The smallest absolute Gasteiger partial charge is 0.171 e. The highest BCUT2D eigenvalue weighted by Crippen LogP contribution is 2.31. The fourth-order valence-electron chi connectivity index (χ4n) is 0.662. The summed E-state index contributed by atoms with van der Waals surface area (Å²) < 4.78 is 5.40. The van der Waals surface area contributed by atoms with Crippen LogP contribution in [-0.4, -0.2) is 6.26 Å². The van der Waals surface area contributed by atoms with Crippen molar-refractivity contribution in [2.75, 3.05) is 6.26 Å². The topological polar surface area (TPSA) is 13.1 Å². The Morgan fingerprint density at radius 1 is 1.40 bits per heavy atom. The summed E-state index contributed by atoms with van der Waals surface area (Å²) in [6.45, 7) is 4.04. The average Bonchev–Trinajstić information content (AvgIpc) is 2.14. The minimum Gasteiger partial charge on any atom is -0.454 e. The summed E-state index contributed by atoms with van der Waals surface area (Å²) in [5, 5.41) is 1.00. The van der Waals surface area contributed by atoms with Crippen molar-refractivity contribution in [2.45, 2.75) is 18.9 Å². The number of hydrogen-bond acceptors (Lipinski definition) is 3. The Kier molecular flexibility index (Phi) is 2.74. The Morgan fingerprint density at radius 2 is 2.10 bits per heavy atom. The van der Waals surface area contributed by atoms with E-state index >= 15 is 0 Å². The van der Waals surface area contributed by atoms with E-state index in [1.165, 1.54) is 5.56 Å². The SMILES string of the molecule is CSSc1cc(C)c(C)o1. The molecule has 3 heteroatoms. The van der Waals surface area contributed by atoms with Gasteiger partial charge in [-0.1, -0.05) is 10.8 Å². The highest BCUT2D eigenvalue weighted by Gasteiger charge is 2.01. The van der Waals surface area contributed by atoms with Crippen molar-refractivity contribution >= 4 is 21.6 Å². The molecule has 0 aromatic carbocycles. The summed E-state index contributed by atoms with van der Waals surface area (Å²) in [5.74, 6) is 1.02. The van der Waals surface area contributed by atoms with Gasteiger partial charge in [0.2, 0.25) is 0 Å². The van der Waals surface area contributed by atoms with Crippen LogP contribution < -0.4 is 0 Å². The Morgan fingerprint density at radius 3 is 2.50 bits per heavy atom. The first-order valence-electron chi connectivity index (χ1n) is 3.01. The molecule has 0 aliphatic rings. The lowest BCUT2D eigenvalue weighted by atomic mass is 10.3. The van der Waals surface area contributed by atoms with Crippen LogP contribution >= 0.6 is 21.6 Å². The molecular weight excluding hydrogens is 164 g/mol. The molecule has 0 saturated heterocycles. The van der Waals surface area contributed by atoms with Crippen molar-refractivity contribution < 1.29 is 4.42 Å². The zero-order chi connectivity index (χ0) is 7.56. The number of furan rings is 1. The molecule has 10 heavy (non-hydrogen) atoms. The van der Waals surface area contributed by atoms with Gasteiger partial charge in [-0.2, -0.15) is 0 Å². The van der Waals surface area contributed by atoms with E-state index in [0.29, 0.717) is 0 Å². The molecule has 0 aliphatic heterocycles. The number of hydrogen-bond donors (Lipinski definition) is 0. The zero-order valence-electron chi connectivity index (χ0n) is 6.30. The summed E-state index contributed by atoms with van der Waals surface area (Å²) in [4.78, 5) is 0. The van der Waals surface area contributed by atoms with Gasteiger partial charge in [0.1, 0.15) is 5.76 Å². The normalized spacial score (nSPS) is 10.3. The molecule has 1 heterocycles. The summed E-state index contributed by atoms with van der Waals surface area (Å²) in [6.07, 6.45) is 2.04. The third-order valence-corrected chi connectivity index (χ3v) is 2.83. The van der Waals surface area contributed by atoms with Gasteiger partial charge in [-0.25, -0.2) is 0 Å². The summed E-state index contributed by atoms with van der Waals surface area (Å²) in [5.41, 5.74) is 1.23. The van der Waals surface area contributed by atoms with Crippen LogP contribution in [0.5, 0.6) is 0 Å². The molecular formula is C7H10OS2. The van der Waals surface area contributed by atoms with Gasteiger partial charge in [-0.3, -0.25) is 0 Å². The first-order chi connectivity index (χ1) is 4.74. The first-order valence-corrected chi connectivity index (χ1v) is 5.57. The molecule has 0 saturated carbocycles. The molecule has 0 bridgehead atoms. The van der Waals surface area contributed by atoms with Gasteiger partial charge in [-0.05, 0) is 42.5 Å². The van der Waals surface area contributed by atoms with Gasteiger partial charge in [0, 0.05) is 0 Å². The molecule has 0 fully saturated rings. The molecule has 0 atom stereocenters. The second-order valence-electron chi connectivity index (χ2n) is 2.05. The van der Waals surface area contributed by atoms with E-state index in [1.54, 1.807) is 21.6 Å². The van der Waals surface area contributed by atoms with Crippen LogP contribution in [-0.2, 0) is 0 Å². The Balaban J connectivity index is 2.77. The van der Waals surface area contributed by atoms with E-state index in [1.807, 2.05) is 13.2 Å². The third kappa shape index (κ3) is 1.73. The molecule has 0 spiro atoms. The van der Waals surface area contributed by atoms with Crippen molar-refractivity contribution in [3.05, 3.63) is 17.4 Å². The Bertz CT molecular complexity index is 198. The predicted molar refractivity (Wildman–Crippen MR) is 47.6 cm³/mol. The molecule has 1 aromatic heterocycles. The maximum Gasteiger partial charge on any atom is 0.171 e. The van der Waals surface area contributed by atoms with Crippen LogP contribution in [0.3, 0.4) is 0 Å². The van der Waals surface area contributed by atoms with Gasteiger partial charge in [0.25, 0.3) is 0 Å². The molecule has 56 valence electrons. The lowest BCUT2D eigenvalue weighted by molar-refractivity contribution is 0.449. The summed E-state index contributed by atoms with van der Waals surface area (Å²) in [7, 11) is 3.36. The van der Waals surface area contributed by atoms with E-state index in [4.69, 9.17) is 4.42 Å². The van der Waals surface area contributed by atoms with Crippen molar-refractivity contribution in [1.29, 1.82) is 0 Å². The molecule has 1 aromatic rings. The monoisotopic (exact) mass is 174 g/mol. The summed E-state index contributed by atoms with van der Waals surface area (Å²) >= 11 is 0. The van der Waals surface area contributed by atoms with Crippen LogP contribution in [0.25, 0.3) is 0 Å². The molecule has 0 aliphatic carbocycles. The fourth-order valence-corrected chi connectivity index (χ4v) is 1.95. The predicted octanol–water partition coefficient (Wildman–Crippen LogP) is 3.27. The van der Waals surface area contributed by atoms with Gasteiger partial charge in [-0.15, -0.1) is 0 Å². The van der Waals surface area contributed by atoms with Gasteiger partial charge >= 0.3 is 0 Å². The molecule has 0 amide bonds. The summed E-state index contributed by atoms with van der Waals surface area (Å²) in [6, 6.07) is 2.07. The number of aryl methyl sites for hydroxylation is 2. The molecule has 1 nitrogen and oxygen atoms in total. The maximum atomic E-state index is 5.40.